The first kappa shape index (κ1) is 12.1. The summed E-state index contributed by atoms with van der Waals surface area (Å²) in [6, 6.07) is 3.29. The number of likely N-dealkylation sites (N-methyl/N-ethyl adjacent to an activating group) is 1. The van der Waals surface area contributed by atoms with Crippen LogP contribution in [0.4, 0.5) is 10.5 Å². The molecule has 1 aromatic rings. The molecule has 0 aromatic carbocycles. The van der Waals surface area contributed by atoms with Gasteiger partial charge in [-0.1, -0.05) is 0 Å². The number of imide groups is 1. The van der Waals surface area contributed by atoms with Crippen LogP contribution in [0.15, 0.2) is 24.5 Å². The van der Waals surface area contributed by atoms with Gasteiger partial charge in [0.15, 0.2) is 0 Å². The third-order valence-corrected chi connectivity index (χ3v) is 3.96. The average Bonchev–Trinajstić information content (AvgIpc) is 2.63. The fourth-order valence-electron chi connectivity index (χ4n) is 2.96. The number of hydrogen-bond acceptors (Lipinski definition) is 4. The number of anilines is 1. The number of carbonyl (C=O) groups is 2. The molecule has 2 fully saturated rings. The summed E-state index contributed by atoms with van der Waals surface area (Å²) < 4.78 is 0. The molecular formula is C13H16N4O2. The number of nitrogens with one attached hydrogen (secondary N) is 1. The van der Waals surface area contributed by atoms with Crippen molar-refractivity contribution in [2.75, 3.05) is 25.0 Å². The highest BCUT2D eigenvalue weighted by Gasteiger charge is 2.56. The zero-order valence-electron chi connectivity index (χ0n) is 10.8. The molecule has 0 saturated carbocycles. The monoisotopic (exact) mass is 260 g/mol. The Morgan fingerprint density at radius 3 is 2.47 bits per heavy atom. The normalized spacial score (nSPS) is 22.4. The molecule has 100 valence electrons. The number of urea groups is 1. The molecule has 0 bridgehead atoms. The number of piperidine rings is 1. The minimum Gasteiger partial charge on any atom is -0.317 e. The van der Waals surface area contributed by atoms with Crippen molar-refractivity contribution in [1.82, 2.24) is 15.2 Å². The standard InChI is InChI=1S/C13H16N4O2/c1-16-11(18)13(4-8-15-9-5-13)17(12(16)19)10-2-6-14-7-3-10/h2-3,6-7,15H,4-5,8-9H2,1H3. The van der Waals surface area contributed by atoms with Crippen LogP contribution in [0.3, 0.4) is 0 Å². The molecule has 0 atom stereocenters. The van der Waals surface area contributed by atoms with E-state index >= 15 is 0 Å². The van der Waals surface area contributed by atoms with Crippen LogP contribution < -0.4 is 10.2 Å². The molecule has 19 heavy (non-hydrogen) atoms. The molecule has 6 nitrogen and oxygen atoms in total. The highest BCUT2D eigenvalue weighted by atomic mass is 16.2. The van der Waals surface area contributed by atoms with Gasteiger partial charge in [-0.15, -0.1) is 0 Å². The Morgan fingerprint density at radius 1 is 1.21 bits per heavy atom. The zero-order valence-corrected chi connectivity index (χ0v) is 10.8. The lowest BCUT2D eigenvalue weighted by Gasteiger charge is -2.38. The van der Waals surface area contributed by atoms with Crippen molar-refractivity contribution in [2.24, 2.45) is 0 Å². The number of aromatic nitrogens is 1. The van der Waals surface area contributed by atoms with Crippen molar-refractivity contribution >= 4 is 17.6 Å². The highest BCUT2D eigenvalue weighted by molar-refractivity contribution is 6.16. The number of amides is 3. The largest absolute Gasteiger partial charge is 0.331 e. The summed E-state index contributed by atoms with van der Waals surface area (Å²) >= 11 is 0. The van der Waals surface area contributed by atoms with E-state index in [4.69, 9.17) is 0 Å². The van der Waals surface area contributed by atoms with E-state index in [1.807, 2.05) is 0 Å². The summed E-state index contributed by atoms with van der Waals surface area (Å²) in [6.45, 7) is 1.49. The third-order valence-electron chi connectivity index (χ3n) is 3.96. The maximum atomic E-state index is 12.5. The van der Waals surface area contributed by atoms with Gasteiger partial charge in [0.25, 0.3) is 5.91 Å². The molecule has 2 aliphatic heterocycles. The van der Waals surface area contributed by atoms with Crippen LogP contribution in [0.1, 0.15) is 12.8 Å². The van der Waals surface area contributed by atoms with Crippen LogP contribution in [-0.4, -0.2) is 47.5 Å². The van der Waals surface area contributed by atoms with Gasteiger partial charge in [0, 0.05) is 25.1 Å². The van der Waals surface area contributed by atoms with Gasteiger partial charge in [-0.3, -0.25) is 19.6 Å². The molecule has 0 aliphatic carbocycles. The minimum absolute atomic E-state index is 0.101. The van der Waals surface area contributed by atoms with Crippen LogP contribution in [0.5, 0.6) is 0 Å². The van der Waals surface area contributed by atoms with E-state index in [1.54, 1.807) is 36.5 Å². The van der Waals surface area contributed by atoms with Gasteiger partial charge in [0.05, 0.1) is 0 Å². The molecule has 1 aromatic heterocycles. The lowest BCUT2D eigenvalue weighted by Crippen LogP contribution is -2.56. The predicted molar refractivity (Wildman–Crippen MR) is 69.7 cm³/mol. The Kier molecular flexibility index (Phi) is 2.74. The number of rotatable bonds is 1. The van der Waals surface area contributed by atoms with E-state index in [1.165, 1.54) is 4.90 Å². The van der Waals surface area contributed by atoms with Crippen molar-refractivity contribution in [1.29, 1.82) is 0 Å². The first-order valence-electron chi connectivity index (χ1n) is 6.40. The molecular weight excluding hydrogens is 244 g/mol. The lowest BCUT2D eigenvalue weighted by molar-refractivity contribution is -0.130. The molecule has 2 saturated heterocycles. The topological polar surface area (TPSA) is 65.5 Å². The Balaban J connectivity index is 2.08. The fourth-order valence-corrected chi connectivity index (χ4v) is 2.96. The van der Waals surface area contributed by atoms with Crippen LogP contribution in [0.2, 0.25) is 0 Å². The second-order valence-electron chi connectivity index (χ2n) is 4.97. The summed E-state index contributed by atoms with van der Waals surface area (Å²) in [5.41, 5.74) is 0.0120. The molecule has 3 heterocycles. The summed E-state index contributed by atoms with van der Waals surface area (Å²) in [5.74, 6) is -0.101. The van der Waals surface area contributed by atoms with Gasteiger partial charge in [-0.05, 0) is 38.1 Å². The first-order valence-corrected chi connectivity index (χ1v) is 6.40. The van der Waals surface area contributed by atoms with Crippen LogP contribution in [0.25, 0.3) is 0 Å². The summed E-state index contributed by atoms with van der Waals surface area (Å²) in [4.78, 5) is 31.7. The predicted octanol–water partition coefficient (Wildman–Crippen LogP) is 0.602. The SMILES string of the molecule is CN1C(=O)N(c2ccncc2)C2(CCNCC2)C1=O. The zero-order chi connectivity index (χ0) is 13.5. The maximum absolute atomic E-state index is 12.5. The molecule has 0 radical (unpaired) electrons. The Morgan fingerprint density at radius 2 is 1.84 bits per heavy atom. The van der Waals surface area contributed by atoms with E-state index in [0.717, 1.165) is 18.8 Å². The second-order valence-corrected chi connectivity index (χ2v) is 4.97. The lowest BCUT2D eigenvalue weighted by atomic mass is 9.86. The first-order chi connectivity index (χ1) is 9.17. The van der Waals surface area contributed by atoms with Gasteiger partial charge in [-0.25, -0.2) is 4.79 Å². The van der Waals surface area contributed by atoms with E-state index in [2.05, 4.69) is 10.3 Å². The van der Waals surface area contributed by atoms with Gasteiger partial charge in [-0.2, -0.15) is 0 Å². The fraction of sp³-hybridized carbons (Fsp3) is 0.462. The summed E-state index contributed by atoms with van der Waals surface area (Å²) in [7, 11) is 1.55. The van der Waals surface area contributed by atoms with E-state index < -0.39 is 5.54 Å². The number of pyridine rings is 1. The van der Waals surface area contributed by atoms with Crippen molar-refractivity contribution < 1.29 is 9.59 Å². The molecule has 1 spiro atoms. The Bertz CT molecular complexity index is 511. The maximum Gasteiger partial charge on any atom is 0.331 e. The molecule has 6 heteroatoms. The van der Waals surface area contributed by atoms with Crippen LogP contribution >= 0.6 is 0 Å². The molecule has 0 unspecified atom stereocenters. The van der Waals surface area contributed by atoms with E-state index in [0.29, 0.717) is 12.8 Å². The van der Waals surface area contributed by atoms with E-state index in [-0.39, 0.29) is 11.9 Å². The van der Waals surface area contributed by atoms with Crippen molar-refractivity contribution in [3.05, 3.63) is 24.5 Å². The van der Waals surface area contributed by atoms with E-state index in [9.17, 15) is 9.59 Å². The van der Waals surface area contributed by atoms with Gasteiger partial charge in [0.1, 0.15) is 5.54 Å². The number of nitrogens with zero attached hydrogens (tertiary/aromatic N) is 3. The van der Waals surface area contributed by atoms with Crippen molar-refractivity contribution in [3.63, 3.8) is 0 Å². The Labute approximate surface area is 111 Å². The van der Waals surface area contributed by atoms with Gasteiger partial charge < -0.3 is 5.32 Å². The molecule has 2 aliphatic rings. The van der Waals surface area contributed by atoms with Crippen LogP contribution in [0, 0.1) is 0 Å². The minimum atomic E-state index is -0.724. The summed E-state index contributed by atoms with van der Waals surface area (Å²) in [6.07, 6.45) is 4.56. The smallest absolute Gasteiger partial charge is 0.317 e. The molecule has 1 N–H and O–H groups in total. The Hall–Kier alpha value is -1.95. The third kappa shape index (κ3) is 1.63. The second kappa shape index (κ2) is 4.31. The van der Waals surface area contributed by atoms with Crippen molar-refractivity contribution in [2.45, 2.75) is 18.4 Å². The van der Waals surface area contributed by atoms with Gasteiger partial charge in [0.2, 0.25) is 0 Å². The van der Waals surface area contributed by atoms with Gasteiger partial charge >= 0.3 is 6.03 Å². The molecule has 3 amide bonds. The summed E-state index contributed by atoms with van der Waals surface area (Å²) in [5, 5.41) is 3.24. The van der Waals surface area contributed by atoms with Crippen LogP contribution in [-0.2, 0) is 4.79 Å². The number of hydrogen-bond donors (Lipinski definition) is 1. The number of carbonyl (C=O) groups excluding carboxylic acids is 2. The average molecular weight is 260 g/mol. The quantitative estimate of drug-likeness (QED) is 0.751. The molecule has 3 rings (SSSR count). The highest BCUT2D eigenvalue weighted by Crippen LogP contribution is 2.38. The van der Waals surface area contributed by atoms with Crippen molar-refractivity contribution in [3.8, 4) is 0 Å².